The first kappa shape index (κ1) is 31.1. The third-order valence-electron chi connectivity index (χ3n) is 6.67. The highest BCUT2D eigenvalue weighted by molar-refractivity contribution is 6.31. The fraction of sp³-hybridized carbons (Fsp3) is 0.300. The zero-order valence-corrected chi connectivity index (χ0v) is 24.7. The molecule has 3 aromatic carbocycles. The molecule has 3 aromatic rings. The van der Waals surface area contributed by atoms with Crippen LogP contribution in [0.3, 0.4) is 0 Å². The fourth-order valence-electron chi connectivity index (χ4n) is 4.94. The molecule has 2 heterocycles. The van der Waals surface area contributed by atoms with E-state index in [1.807, 2.05) is 30.3 Å². The maximum Gasteiger partial charge on any atom is 0.425 e. The van der Waals surface area contributed by atoms with E-state index in [1.54, 1.807) is 39.0 Å². The number of carbonyl (C=O) groups is 2. The number of fused-ring (bicyclic) bond motifs is 2. The van der Waals surface area contributed by atoms with Gasteiger partial charge in [-0.25, -0.2) is 19.0 Å². The highest BCUT2D eigenvalue weighted by Gasteiger charge is 2.56. The van der Waals surface area contributed by atoms with Gasteiger partial charge in [-0.1, -0.05) is 47.5 Å². The van der Waals surface area contributed by atoms with Gasteiger partial charge in [0.15, 0.2) is 11.6 Å². The molecule has 0 saturated heterocycles. The van der Waals surface area contributed by atoms with Gasteiger partial charge in [-0.05, 0) is 69.2 Å². The Balaban J connectivity index is 0.000000507. The van der Waals surface area contributed by atoms with Crippen molar-refractivity contribution in [1.29, 1.82) is 0 Å². The minimum Gasteiger partial charge on any atom is -0.491 e. The largest absolute Gasteiger partial charge is 0.491 e. The van der Waals surface area contributed by atoms with Gasteiger partial charge in [0.05, 0.1) is 18.3 Å². The number of benzene rings is 3. The lowest BCUT2D eigenvalue weighted by atomic mass is 9.68. The average Bonchev–Trinajstić information content (AvgIpc) is 3.21. The maximum absolute atomic E-state index is 15.5. The molecule has 0 radical (unpaired) electrons. The molecule has 2 atom stereocenters. The second kappa shape index (κ2) is 13.4. The van der Waals surface area contributed by atoms with Gasteiger partial charge in [-0.2, -0.15) is 0 Å². The van der Waals surface area contributed by atoms with Crippen LogP contribution in [-0.2, 0) is 14.9 Å². The van der Waals surface area contributed by atoms with E-state index in [1.165, 1.54) is 6.07 Å². The minimum atomic E-state index is -1.36. The van der Waals surface area contributed by atoms with Crippen molar-refractivity contribution >= 4 is 46.7 Å². The molecule has 0 bridgehead atoms. The molecule has 2 aliphatic heterocycles. The summed E-state index contributed by atoms with van der Waals surface area (Å²) in [7, 11) is 0. The number of amides is 2. The van der Waals surface area contributed by atoms with Crippen molar-refractivity contribution in [2.75, 3.05) is 11.9 Å². The van der Waals surface area contributed by atoms with Crippen molar-refractivity contribution in [3.63, 3.8) is 0 Å². The van der Waals surface area contributed by atoms with Gasteiger partial charge < -0.3 is 14.8 Å². The normalized spacial score (nSPS) is 18.8. The second-order valence-electron chi connectivity index (χ2n) is 9.80. The summed E-state index contributed by atoms with van der Waals surface area (Å²) in [5, 5.41) is 4.02. The van der Waals surface area contributed by atoms with Crippen LogP contribution in [0, 0.1) is 11.6 Å². The molecular weight excluding hydrogens is 589 g/mol. The standard InChI is InChI=1S/C24H25ClF2N4O4.C6H5Cl/c1-4-34-23(33)31-30-18-9-10-24(14-6-5-13(25)11-16(14)28-22(24)32)21(29-18)19-17(35-12(2)3)8-7-15(26)20(19)27;7-6-4-2-1-3-5-6/h5-8,11-12,21H,4,9-10H2,1-3H3,(H,28,32)(H,29,30)(H,31,33);1-5H/t21-,24-;/m1./s1. The fourth-order valence-corrected chi connectivity index (χ4v) is 5.26. The molecule has 42 heavy (non-hydrogen) atoms. The van der Waals surface area contributed by atoms with E-state index in [9.17, 15) is 14.0 Å². The van der Waals surface area contributed by atoms with Gasteiger partial charge in [0.25, 0.3) is 0 Å². The van der Waals surface area contributed by atoms with Crippen molar-refractivity contribution in [2.24, 2.45) is 4.99 Å². The van der Waals surface area contributed by atoms with Crippen molar-refractivity contribution in [2.45, 2.75) is 51.2 Å². The minimum absolute atomic E-state index is 0.0711. The number of aliphatic imine (C=N–C) groups is 1. The zero-order chi connectivity index (χ0) is 30.4. The van der Waals surface area contributed by atoms with Crippen molar-refractivity contribution < 1.29 is 27.8 Å². The molecule has 12 heteroatoms. The highest BCUT2D eigenvalue weighted by atomic mass is 35.5. The molecule has 2 aliphatic rings. The molecular formula is C30H30Cl2F2N4O4. The lowest BCUT2D eigenvalue weighted by molar-refractivity contribution is -0.122. The first-order valence-electron chi connectivity index (χ1n) is 13.3. The molecule has 0 aliphatic carbocycles. The van der Waals surface area contributed by atoms with E-state index < -0.39 is 35.1 Å². The van der Waals surface area contributed by atoms with Gasteiger partial charge >= 0.3 is 6.09 Å². The third kappa shape index (κ3) is 6.60. The van der Waals surface area contributed by atoms with Crippen LogP contribution in [0.4, 0.5) is 19.3 Å². The Morgan fingerprint density at radius 2 is 1.86 bits per heavy atom. The van der Waals surface area contributed by atoms with Gasteiger partial charge in [0.2, 0.25) is 5.91 Å². The summed E-state index contributed by atoms with van der Waals surface area (Å²) in [6.45, 7) is 5.32. The summed E-state index contributed by atoms with van der Waals surface area (Å²) < 4.78 is 40.6. The quantitative estimate of drug-likeness (QED) is 0.270. The Morgan fingerprint density at radius 3 is 2.50 bits per heavy atom. The number of halogens is 4. The van der Waals surface area contributed by atoms with Crippen molar-refractivity contribution in [3.8, 4) is 5.75 Å². The number of carbonyl (C=O) groups excluding carboxylic acids is 2. The molecule has 8 nitrogen and oxygen atoms in total. The molecule has 0 unspecified atom stereocenters. The summed E-state index contributed by atoms with van der Waals surface area (Å²) in [6, 6.07) is 15.5. The molecule has 1 spiro atoms. The number of nitrogens with zero attached hydrogens (tertiary/aromatic N) is 1. The van der Waals surface area contributed by atoms with Crippen LogP contribution in [-0.4, -0.2) is 30.5 Å². The maximum atomic E-state index is 15.5. The van der Waals surface area contributed by atoms with E-state index in [4.69, 9.17) is 32.7 Å². The first-order chi connectivity index (χ1) is 20.1. The number of anilines is 1. The number of amidine groups is 1. The summed E-state index contributed by atoms with van der Waals surface area (Å²) in [4.78, 5) is 29.9. The van der Waals surface area contributed by atoms with Crippen LogP contribution >= 0.6 is 23.2 Å². The van der Waals surface area contributed by atoms with Crippen LogP contribution in [0.15, 0.2) is 65.7 Å². The van der Waals surface area contributed by atoms with Crippen LogP contribution < -0.4 is 20.9 Å². The van der Waals surface area contributed by atoms with Crippen molar-refractivity contribution in [3.05, 3.63) is 93.5 Å². The summed E-state index contributed by atoms with van der Waals surface area (Å²) in [5.41, 5.74) is 4.52. The summed E-state index contributed by atoms with van der Waals surface area (Å²) in [6.07, 6.45) is -0.665. The van der Waals surface area contributed by atoms with Gasteiger partial charge in [0, 0.05) is 22.2 Å². The SMILES string of the molecule is CCOC(=O)NNC1=N[C@H](c2c(OC(C)C)ccc(F)c2F)[C@]2(CC1)C(=O)Nc1cc(Cl)ccc12.Clc1ccccc1. The number of hydrazine groups is 1. The first-order valence-corrected chi connectivity index (χ1v) is 14.0. The number of hydrogen-bond acceptors (Lipinski definition) is 6. The van der Waals surface area contributed by atoms with Gasteiger partial charge in [0.1, 0.15) is 23.0 Å². The number of ether oxygens (including phenoxy) is 2. The topological polar surface area (TPSA) is 101 Å². The summed E-state index contributed by atoms with van der Waals surface area (Å²) >= 11 is 11.7. The number of nitrogens with one attached hydrogen (secondary N) is 3. The Hall–Kier alpha value is -3.89. The van der Waals surface area contributed by atoms with Crippen LogP contribution in [0.2, 0.25) is 10.0 Å². The van der Waals surface area contributed by atoms with Gasteiger partial charge in [-0.15, -0.1) is 0 Å². The van der Waals surface area contributed by atoms with Crippen LogP contribution in [0.1, 0.15) is 50.8 Å². The summed E-state index contributed by atoms with van der Waals surface area (Å²) in [5.74, 6) is -2.34. The third-order valence-corrected chi connectivity index (χ3v) is 7.16. The molecule has 222 valence electrons. The van der Waals surface area contributed by atoms with E-state index in [0.717, 1.165) is 11.1 Å². The average molecular weight is 619 g/mol. The molecule has 0 fully saturated rings. The zero-order valence-electron chi connectivity index (χ0n) is 23.1. The van der Waals surface area contributed by atoms with Crippen molar-refractivity contribution in [1.82, 2.24) is 10.9 Å². The predicted octanol–water partition coefficient (Wildman–Crippen LogP) is 7.12. The molecule has 5 rings (SSSR count). The Bertz CT molecular complexity index is 1490. The lowest BCUT2D eigenvalue weighted by Crippen LogP contribution is -2.49. The number of hydrogen-bond donors (Lipinski definition) is 3. The van der Waals surface area contributed by atoms with E-state index in [-0.39, 0.29) is 42.7 Å². The second-order valence-corrected chi connectivity index (χ2v) is 10.7. The number of rotatable bonds is 4. The van der Waals surface area contributed by atoms with Gasteiger partial charge in [-0.3, -0.25) is 15.2 Å². The predicted molar refractivity (Wildman–Crippen MR) is 158 cm³/mol. The Labute approximate surface area is 252 Å². The van der Waals surface area contributed by atoms with E-state index in [2.05, 4.69) is 21.2 Å². The highest BCUT2D eigenvalue weighted by Crippen LogP contribution is 2.55. The van der Waals surface area contributed by atoms with Crippen LogP contribution in [0.5, 0.6) is 5.75 Å². The Morgan fingerprint density at radius 1 is 1.12 bits per heavy atom. The Kier molecular flexibility index (Phi) is 9.90. The molecule has 0 saturated carbocycles. The molecule has 3 N–H and O–H groups in total. The smallest absolute Gasteiger partial charge is 0.425 e. The lowest BCUT2D eigenvalue weighted by Gasteiger charge is -2.38. The van der Waals surface area contributed by atoms with Crippen LogP contribution in [0.25, 0.3) is 0 Å². The van der Waals surface area contributed by atoms with E-state index in [0.29, 0.717) is 16.3 Å². The molecule has 2 amide bonds. The monoisotopic (exact) mass is 618 g/mol. The van der Waals surface area contributed by atoms with E-state index >= 15 is 4.39 Å². The molecule has 0 aromatic heterocycles.